The molecule has 2 aromatic heterocycles. The number of pyridine rings is 1. The molecule has 0 saturated heterocycles. The molecule has 0 radical (unpaired) electrons. The Hall–Kier alpha value is -2.37. The van der Waals surface area contributed by atoms with E-state index in [4.69, 9.17) is 0 Å². The largest absolute Gasteiger partial charge is 0.370 e. The second kappa shape index (κ2) is 7.28. The SMILES string of the molecule is CCCNc1ccc(C(=O)NCCn2cccn2)cn1. The summed E-state index contributed by atoms with van der Waals surface area (Å²) in [6, 6.07) is 5.44. The number of carbonyl (C=O) groups is 1. The Labute approximate surface area is 118 Å². The number of anilines is 1. The van der Waals surface area contributed by atoms with Gasteiger partial charge in [-0.25, -0.2) is 4.98 Å². The predicted octanol–water partition coefficient (Wildman–Crippen LogP) is 1.53. The van der Waals surface area contributed by atoms with Gasteiger partial charge < -0.3 is 10.6 Å². The molecule has 2 heterocycles. The van der Waals surface area contributed by atoms with E-state index in [-0.39, 0.29) is 5.91 Å². The summed E-state index contributed by atoms with van der Waals surface area (Å²) in [7, 11) is 0. The molecule has 2 N–H and O–H groups in total. The van der Waals surface area contributed by atoms with E-state index in [1.54, 1.807) is 23.1 Å². The lowest BCUT2D eigenvalue weighted by molar-refractivity contribution is 0.0951. The first kappa shape index (κ1) is 14.0. The van der Waals surface area contributed by atoms with Gasteiger partial charge in [-0.3, -0.25) is 9.48 Å². The molecule has 0 saturated carbocycles. The molecule has 0 bridgehead atoms. The molecule has 0 atom stereocenters. The molecule has 0 fully saturated rings. The van der Waals surface area contributed by atoms with Gasteiger partial charge in [-0.2, -0.15) is 5.10 Å². The van der Waals surface area contributed by atoms with Crippen LogP contribution < -0.4 is 10.6 Å². The third-order valence-electron chi connectivity index (χ3n) is 2.77. The van der Waals surface area contributed by atoms with E-state index in [1.807, 2.05) is 18.3 Å². The topological polar surface area (TPSA) is 71.8 Å². The number of nitrogens with zero attached hydrogens (tertiary/aromatic N) is 3. The van der Waals surface area contributed by atoms with Crippen LogP contribution in [0.2, 0.25) is 0 Å². The Bertz CT molecular complexity index is 521. The van der Waals surface area contributed by atoms with Crippen molar-refractivity contribution in [2.45, 2.75) is 19.9 Å². The fourth-order valence-corrected chi connectivity index (χ4v) is 1.70. The average molecular weight is 273 g/mol. The van der Waals surface area contributed by atoms with Gasteiger partial charge in [0.2, 0.25) is 0 Å². The van der Waals surface area contributed by atoms with E-state index in [0.29, 0.717) is 18.7 Å². The van der Waals surface area contributed by atoms with Gasteiger partial charge in [-0.05, 0) is 24.6 Å². The van der Waals surface area contributed by atoms with Crippen molar-refractivity contribution in [3.8, 4) is 0 Å². The molecule has 6 nitrogen and oxygen atoms in total. The average Bonchev–Trinajstić information content (AvgIpc) is 2.99. The molecule has 106 valence electrons. The molecule has 0 aliphatic rings. The van der Waals surface area contributed by atoms with Crippen LogP contribution in [0.1, 0.15) is 23.7 Å². The number of nitrogens with one attached hydrogen (secondary N) is 2. The van der Waals surface area contributed by atoms with Crippen molar-refractivity contribution < 1.29 is 4.79 Å². The molecule has 0 spiro atoms. The lowest BCUT2D eigenvalue weighted by Crippen LogP contribution is -2.27. The second-order valence-electron chi connectivity index (χ2n) is 4.38. The van der Waals surface area contributed by atoms with Gasteiger partial charge >= 0.3 is 0 Å². The zero-order valence-corrected chi connectivity index (χ0v) is 11.5. The van der Waals surface area contributed by atoms with Crippen LogP contribution in [0.4, 0.5) is 5.82 Å². The number of hydrogen-bond acceptors (Lipinski definition) is 4. The summed E-state index contributed by atoms with van der Waals surface area (Å²) in [5.41, 5.74) is 0.563. The van der Waals surface area contributed by atoms with Crippen LogP contribution in [0.3, 0.4) is 0 Å². The maximum Gasteiger partial charge on any atom is 0.252 e. The first-order chi connectivity index (χ1) is 9.79. The fourth-order valence-electron chi connectivity index (χ4n) is 1.70. The van der Waals surface area contributed by atoms with Crippen molar-refractivity contribution in [3.63, 3.8) is 0 Å². The minimum absolute atomic E-state index is 0.119. The maximum atomic E-state index is 11.9. The van der Waals surface area contributed by atoms with E-state index in [1.165, 1.54) is 0 Å². The normalized spacial score (nSPS) is 10.2. The van der Waals surface area contributed by atoms with Crippen molar-refractivity contribution in [1.82, 2.24) is 20.1 Å². The molecule has 20 heavy (non-hydrogen) atoms. The second-order valence-corrected chi connectivity index (χ2v) is 4.38. The molecule has 0 aliphatic heterocycles. The third-order valence-corrected chi connectivity index (χ3v) is 2.77. The number of aromatic nitrogens is 3. The van der Waals surface area contributed by atoms with Gasteiger partial charge in [-0.1, -0.05) is 6.92 Å². The summed E-state index contributed by atoms with van der Waals surface area (Å²) in [5.74, 6) is 0.673. The van der Waals surface area contributed by atoms with Crippen LogP contribution in [-0.4, -0.2) is 33.8 Å². The summed E-state index contributed by atoms with van der Waals surface area (Å²) in [4.78, 5) is 16.1. The van der Waals surface area contributed by atoms with Crippen LogP contribution in [0.25, 0.3) is 0 Å². The molecule has 0 aliphatic carbocycles. The maximum absolute atomic E-state index is 11.9. The van der Waals surface area contributed by atoms with E-state index in [0.717, 1.165) is 18.8 Å². The van der Waals surface area contributed by atoms with E-state index in [2.05, 4.69) is 27.6 Å². The molecular formula is C14H19N5O. The zero-order valence-electron chi connectivity index (χ0n) is 11.5. The number of carbonyl (C=O) groups excluding carboxylic acids is 1. The smallest absolute Gasteiger partial charge is 0.252 e. The predicted molar refractivity (Wildman–Crippen MR) is 77.6 cm³/mol. The minimum Gasteiger partial charge on any atom is -0.370 e. The highest BCUT2D eigenvalue weighted by Crippen LogP contribution is 2.04. The number of amides is 1. The highest BCUT2D eigenvalue weighted by molar-refractivity contribution is 5.93. The van der Waals surface area contributed by atoms with Crippen molar-refractivity contribution >= 4 is 11.7 Å². The van der Waals surface area contributed by atoms with Gasteiger partial charge in [0, 0.05) is 31.7 Å². The monoisotopic (exact) mass is 273 g/mol. The van der Waals surface area contributed by atoms with E-state index < -0.39 is 0 Å². The Kier molecular flexibility index (Phi) is 5.11. The van der Waals surface area contributed by atoms with Crippen molar-refractivity contribution in [1.29, 1.82) is 0 Å². The van der Waals surface area contributed by atoms with Crippen molar-refractivity contribution in [3.05, 3.63) is 42.4 Å². The van der Waals surface area contributed by atoms with Crippen LogP contribution in [0.5, 0.6) is 0 Å². The number of rotatable bonds is 7. The van der Waals surface area contributed by atoms with Crippen LogP contribution in [0, 0.1) is 0 Å². The van der Waals surface area contributed by atoms with Crippen LogP contribution in [0.15, 0.2) is 36.8 Å². The van der Waals surface area contributed by atoms with Gasteiger partial charge in [0.1, 0.15) is 5.82 Å². The molecule has 6 heteroatoms. The Balaban J connectivity index is 1.79. The summed E-state index contributed by atoms with van der Waals surface area (Å²) < 4.78 is 1.77. The van der Waals surface area contributed by atoms with Gasteiger partial charge in [0.15, 0.2) is 0 Å². The van der Waals surface area contributed by atoms with Crippen LogP contribution >= 0.6 is 0 Å². The lowest BCUT2D eigenvalue weighted by Gasteiger charge is -2.07. The quantitative estimate of drug-likeness (QED) is 0.802. The Morgan fingerprint density at radius 1 is 1.35 bits per heavy atom. The first-order valence-corrected chi connectivity index (χ1v) is 6.75. The van der Waals surface area contributed by atoms with E-state index in [9.17, 15) is 4.79 Å². The lowest BCUT2D eigenvalue weighted by atomic mass is 10.2. The molecular weight excluding hydrogens is 254 g/mol. The standard InChI is InChI=1S/C14H19N5O/c1-2-6-15-13-5-4-12(11-17-13)14(20)16-8-10-19-9-3-7-18-19/h3-5,7,9,11H,2,6,8,10H2,1H3,(H,15,17)(H,16,20). The summed E-state index contributed by atoms with van der Waals surface area (Å²) in [6.07, 6.45) is 6.20. The van der Waals surface area contributed by atoms with Gasteiger partial charge in [0.25, 0.3) is 5.91 Å². The Morgan fingerprint density at radius 3 is 2.90 bits per heavy atom. The first-order valence-electron chi connectivity index (χ1n) is 6.75. The summed E-state index contributed by atoms with van der Waals surface area (Å²) in [5, 5.41) is 10.1. The van der Waals surface area contributed by atoms with Crippen molar-refractivity contribution in [2.75, 3.05) is 18.4 Å². The number of hydrogen-bond donors (Lipinski definition) is 2. The van der Waals surface area contributed by atoms with Gasteiger partial charge in [0.05, 0.1) is 12.1 Å². The molecule has 0 unspecified atom stereocenters. The fraction of sp³-hybridized carbons (Fsp3) is 0.357. The Morgan fingerprint density at radius 2 is 2.25 bits per heavy atom. The molecule has 1 amide bonds. The zero-order chi connectivity index (χ0) is 14.2. The van der Waals surface area contributed by atoms with Crippen molar-refractivity contribution in [2.24, 2.45) is 0 Å². The highest BCUT2D eigenvalue weighted by Gasteiger charge is 2.05. The molecule has 0 aromatic carbocycles. The molecule has 2 rings (SSSR count). The summed E-state index contributed by atoms with van der Waals surface area (Å²) in [6.45, 7) is 4.16. The highest BCUT2D eigenvalue weighted by atomic mass is 16.1. The van der Waals surface area contributed by atoms with Crippen LogP contribution in [-0.2, 0) is 6.54 Å². The van der Waals surface area contributed by atoms with Gasteiger partial charge in [-0.15, -0.1) is 0 Å². The van der Waals surface area contributed by atoms with E-state index >= 15 is 0 Å². The third kappa shape index (κ3) is 4.08. The summed E-state index contributed by atoms with van der Waals surface area (Å²) >= 11 is 0. The molecule has 2 aromatic rings. The minimum atomic E-state index is -0.119.